The van der Waals surface area contributed by atoms with Crippen molar-refractivity contribution >= 4 is 17.5 Å². The number of aliphatic hydroxyl groups is 1. The number of hydrogen-bond donors (Lipinski definition) is 2. The van der Waals surface area contributed by atoms with Crippen LogP contribution >= 0.6 is 0 Å². The minimum absolute atomic E-state index is 0.0637. The lowest BCUT2D eigenvalue weighted by molar-refractivity contribution is -0.123. The zero-order valence-corrected chi connectivity index (χ0v) is 14.1. The topological polar surface area (TPSA) is 69.6 Å². The van der Waals surface area contributed by atoms with Gasteiger partial charge in [0.2, 0.25) is 5.91 Å². The summed E-state index contributed by atoms with van der Waals surface area (Å²) in [7, 11) is 0. The van der Waals surface area contributed by atoms with E-state index in [0.29, 0.717) is 24.3 Å². The summed E-state index contributed by atoms with van der Waals surface area (Å²) in [6, 6.07) is 7.13. The van der Waals surface area contributed by atoms with Gasteiger partial charge in [-0.3, -0.25) is 9.59 Å². The summed E-state index contributed by atoms with van der Waals surface area (Å²) < 4.78 is 0. The van der Waals surface area contributed by atoms with Gasteiger partial charge in [-0.1, -0.05) is 32.9 Å². The van der Waals surface area contributed by atoms with Gasteiger partial charge < -0.3 is 15.3 Å². The van der Waals surface area contributed by atoms with Crippen LogP contribution in [0.3, 0.4) is 0 Å². The van der Waals surface area contributed by atoms with Crippen LogP contribution in [0.1, 0.15) is 44.0 Å². The van der Waals surface area contributed by atoms with Gasteiger partial charge in [0.25, 0.3) is 5.91 Å². The third-order valence-corrected chi connectivity index (χ3v) is 4.25. The molecule has 5 heteroatoms. The summed E-state index contributed by atoms with van der Waals surface area (Å²) >= 11 is 0. The summed E-state index contributed by atoms with van der Waals surface area (Å²) in [6.45, 7) is 6.99. The van der Waals surface area contributed by atoms with Crippen molar-refractivity contribution in [3.63, 3.8) is 0 Å². The fourth-order valence-corrected chi connectivity index (χ4v) is 2.58. The molecule has 1 saturated heterocycles. The Morgan fingerprint density at radius 1 is 1.22 bits per heavy atom. The maximum atomic E-state index is 12.8. The van der Waals surface area contributed by atoms with Gasteiger partial charge >= 0.3 is 0 Å². The van der Waals surface area contributed by atoms with E-state index in [0.717, 1.165) is 12.8 Å². The monoisotopic (exact) mass is 318 g/mol. The Hall–Kier alpha value is -1.88. The van der Waals surface area contributed by atoms with Crippen molar-refractivity contribution in [3.8, 4) is 0 Å². The van der Waals surface area contributed by atoms with Crippen molar-refractivity contribution in [3.05, 3.63) is 29.8 Å². The first kappa shape index (κ1) is 17.5. The molecular formula is C18H26N2O3. The van der Waals surface area contributed by atoms with E-state index in [-0.39, 0.29) is 24.3 Å². The maximum Gasteiger partial charge on any atom is 0.255 e. The van der Waals surface area contributed by atoms with Crippen LogP contribution in [0.15, 0.2) is 24.3 Å². The number of likely N-dealkylation sites (tertiary alicyclic amines) is 1. The molecule has 0 spiro atoms. The summed E-state index contributed by atoms with van der Waals surface area (Å²) in [5.41, 5.74) is 0.560. The number of carbonyl (C=O) groups is 2. The number of benzene rings is 1. The Kier molecular flexibility index (Phi) is 5.42. The van der Waals surface area contributed by atoms with Crippen molar-refractivity contribution in [1.82, 2.24) is 4.90 Å². The number of aliphatic hydroxyl groups excluding tert-OH is 1. The molecule has 0 bridgehead atoms. The van der Waals surface area contributed by atoms with Crippen LogP contribution in [0.2, 0.25) is 0 Å². The molecular weight excluding hydrogens is 292 g/mol. The smallest absolute Gasteiger partial charge is 0.255 e. The molecule has 1 aromatic carbocycles. The van der Waals surface area contributed by atoms with Crippen LogP contribution in [-0.2, 0) is 4.79 Å². The van der Waals surface area contributed by atoms with Crippen LogP contribution in [0.25, 0.3) is 0 Å². The summed E-state index contributed by atoms with van der Waals surface area (Å²) in [4.78, 5) is 26.8. The molecule has 0 atom stereocenters. The minimum Gasteiger partial charge on any atom is -0.396 e. The number of amides is 2. The zero-order valence-electron chi connectivity index (χ0n) is 14.1. The molecule has 0 aromatic heterocycles. The first-order chi connectivity index (χ1) is 10.8. The summed E-state index contributed by atoms with van der Waals surface area (Å²) in [6.07, 6.45) is 1.64. The van der Waals surface area contributed by atoms with Gasteiger partial charge in [0, 0.05) is 25.1 Å². The van der Waals surface area contributed by atoms with E-state index in [2.05, 4.69) is 5.32 Å². The van der Waals surface area contributed by atoms with E-state index in [4.69, 9.17) is 0 Å². The molecule has 1 aromatic rings. The first-order valence-corrected chi connectivity index (χ1v) is 8.13. The average Bonchev–Trinajstić information content (AvgIpc) is 2.54. The molecule has 126 valence electrons. The fraction of sp³-hybridized carbons (Fsp3) is 0.556. The fourth-order valence-electron chi connectivity index (χ4n) is 2.58. The van der Waals surface area contributed by atoms with E-state index in [1.807, 2.05) is 26.8 Å². The highest BCUT2D eigenvalue weighted by Gasteiger charge is 2.26. The molecule has 0 unspecified atom stereocenters. The SMILES string of the molecule is CC(C)(C)C(=O)Nc1ccccc1C(=O)N1CCC(CO)CC1. The molecule has 1 aliphatic heterocycles. The van der Waals surface area contributed by atoms with Crippen molar-refractivity contribution < 1.29 is 14.7 Å². The number of para-hydroxylation sites is 1. The van der Waals surface area contributed by atoms with Gasteiger partial charge in [-0.25, -0.2) is 0 Å². The average molecular weight is 318 g/mol. The minimum atomic E-state index is -0.518. The van der Waals surface area contributed by atoms with Crippen LogP contribution in [0, 0.1) is 11.3 Å². The standard InChI is InChI=1S/C18H26N2O3/c1-18(2,3)17(23)19-15-7-5-4-6-14(15)16(22)20-10-8-13(12-21)9-11-20/h4-7,13,21H,8-12H2,1-3H3,(H,19,23). The van der Waals surface area contributed by atoms with Crippen molar-refractivity contribution in [2.75, 3.05) is 25.0 Å². The number of rotatable bonds is 3. The molecule has 0 aliphatic carbocycles. The second-order valence-electron chi connectivity index (χ2n) is 7.17. The molecule has 1 fully saturated rings. The predicted octanol–water partition coefficient (Wildman–Crippen LogP) is 2.52. The molecule has 23 heavy (non-hydrogen) atoms. The second kappa shape index (κ2) is 7.13. The van der Waals surface area contributed by atoms with Gasteiger partial charge in [0.1, 0.15) is 0 Å². The maximum absolute atomic E-state index is 12.8. The van der Waals surface area contributed by atoms with Crippen molar-refractivity contribution in [2.45, 2.75) is 33.6 Å². The Bertz CT molecular complexity index is 570. The Labute approximate surface area is 137 Å². The number of carbonyl (C=O) groups excluding carboxylic acids is 2. The number of nitrogens with one attached hydrogen (secondary N) is 1. The van der Waals surface area contributed by atoms with Gasteiger partial charge in [0.05, 0.1) is 11.3 Å². The highest BCUT2D eigenvalue weighted by atomic mass is 16.3. The van der Waals surface area contributed by atoms with Gasteiger partial charge in [-0.05, 0) is 30.9 Å². The van der Waals surface area contributed by atoms with E-state index >= 15 is 0 Å². The van der Waals surface area contributed by atoms with Crippen LogP contribution in [-0.4, -0.2) is 41.5 Å². The van der Waals surface area contributed by atoms with Gasteiger partial charge in [-0.2, -0.15) is 0 Å². The number of anilines is 1. The van der Waals surface area contributed by atoms with E-state index < -0.39 is 5.41 Å². The Morgan fingerprint density at radius 3 is 2.39 bits per heavy atom. The molecule has 2 N–H and O–H groups in total. The summed E-state index contributed by atoms with van der Waals surface area (Å²) in [5, 5.41) is 12.1. The molecule has 1 aliphatic rings. The Morgan fingerprint density at radius 2 is 1.83 bits per heavy atom. The lowest BCUT2D eigenvalue weighted by Crippen LogP contribution is -2.39. The van der Waals surface area contributed by atoms with E-state index in [1.165, 1.54) is 0 Å². The zero-order chi connectivity index (χ0) is 17.0. The van der Waals surface area contributed by atoms with Crippen LogP contribution in [0.5, 0.6) is 0 Å². The van der Waals surface area contributed by atoms with Gasteiger partial charge in [-0.15, -0.1) is 0 Å². The summed E-state index contributed by atoms with van der Waals surface area (Å²) in [5.74, 6) is 0.109. The van der Waals surface area contributed by atoms with E-state index in [9.17, 15) is 14.7 Å². The largest absolute Gasteiger partial charge is 0.396 e. The molecule has 0 radical (unpaired) electrons. The number of hydrogen-bond acceptors (Lipinski definition) is 3. The van der Waals surface area contributed by atoms with Crippen molar-refractivity contribution in [2.24, 2.45) is 11.3 Å². The predicted molar refractivity (Wildman–Crippen MR) is 90.2 cm³/mol. The lowest BCUT2D eigenvalue weighted by Gasteiger charge is -2.31. The second-order valence-corrected chi connectivity index (χ2v) is 7.17. The molecule has 1 heterocycles. The van der Waals surface area contributed by atoms with Gasteiger partial charge in [0.15, 0.2) is 0 Å². The third-order valence-electron chi connectivity index (χ3n) is 4.25. The molecule has 0 saturated carbocycles. The highest BCUT2D eigenvalue weighted by molar-refractivity contribution is 6.04. The number of nitrogens with zero attached hydrogens (tertiary/aromatic N) is 1. The Balaban J connectivity index is 2.14. The number of piperidine rings is 1. The third kappa shape index (κ3) is 4.32. The molecule has 5 nitrogen and oxygen atoms in total. The normalized spacial score (nSPS) is 16.3. The quantitative estimate of drug-likeness (QED) is 0.899. The van der Waals surface area contributed by atoms with Crippen molar-refractivity contribution in [1.29, 1.82) is 0 Å². The molecule has 2 rings (SSSR count). The first-order valence-electron chi connectivity index (χ1n) is 8.13. The lowest BCUT2D eigenvalue weighted by atomic mass is 9.95. The van der Waals surface area contributed by atoms with Crippen LogP contribution in [0.4, 0.5) is 5.69 Å². The van der Waals surface area contributed by atoms with Crippen LogP contribution < -0.4 is 5.32 Å². The highest BCUT2D eigenvalue weighted by Crippen LogP contribution is 2.24. The van der Waals surface area contributed by atoms with E-state index in [1.54, 1.807) is 23.1 Å². The molecule has 2 amide bonds.